The highest BCUT2D eigenvalue weighted by Gasteiger charge is 2.33. The summed E-state index contributed by atoms with van der Waals surface area (Å²) in [6.45, 7) is 2.86. The highest BCUT2D eigenvalue weighted by atomic mass is 32.2. The quantitative estimate of drug-likeness (QED) is 0.727. The smallest absolute Gasteiger partial charge is 0.243 e. The topological polar surface area (TPSA) is 84.9 Å². The molecule has 1 heterocycles. The molecule has 2 aromatic rings. The summed E-state index contributed by atoms with van der Waals surface area (Å²) < 4.78 is 37.8. The summed E-state index contributed by atoms with van der Waals surface area (Å²) in [5, 5.41) is 2.92. The van der Waals surface area contributed by atoms with Crippen LogP contribution in [0.25, 0.3) is 0 Å². The molecule has 1 saturated heterocycles. The number of benzene rings is 2. The second-order valence-electron chi connectivity index (χ2n) is 7.42. The van der Waals surface area contributed by atoms with Gasteiger partial charge in [0, 0.05) is 19.6 Å². The fourth-order valence-electron chi connectivity index (χ4n) is 3.56. The van der Waals surface area contributed by atoms with Crippen LogP contribution in [0.1, 0.15) is 24.0 Å². The predicted octanol–water partition coefficient (Wildman–Crippen LogP) is 2.73. The van der Waals surface area contributed by atoms with Crippen molar-refractivity contribution in [2.75, 3.05) is 27.3 Å². The van der Waals surface area contributed by atoms with E-state index in [4.69, 9.17) is 9.47 Å². The number of ether oxygens (including phenoxy) is 2. The number of aryl methyl sites for hydroxylation is 1. The molecule has 1 amide bonds. The van der Waals surface area contributed by atoms with Crippen molar-refractivity contribution in [3.63, 3.8) is 0 Å². The molecule has 0 radical (unpaired) electrons. The van der Waals surface area contributed by atoms with E-state index in [0.717, 1.165) is 11.1 Å². The first-order chi connectivity index (χ1) is 14.3. The molecular formula is C22H28N2O5S. The maximum Gasteiger partial charge on any atom is 0.243 e. The van der Waals surface area contributed by atoms with Crippen LogP contribution < -0.4 is 14.8 Å². The van der Waals surface area contributed by atoms with Gasteiger partial charge in [-0.2, -0.15) is 4.31 Å². The summed E-state index contributed by atoms with van der Waals surface area (Å²) in [4.78, 5) is 13.0. The molecule has 162 valence electrons. The van der Waals surface area contributed by atoms with Crippen molar-refractivity contribution in [1.82, 2.24) is 9.62 Å². The van der Waals surface area contributed by atoms with Crippen molar-refractivity contribution in [1.29, 1.82) is 0 Å². The van der Waals surface area contributed by atoms with Gasteiger partial charge in [0.05, 0.1) is 25.0 Å². The van der Waals surface area contributed by atoms with Crippen LogP contribution in [0, 0.1) is 12.8 Å². The fraction of sp³-hybridized carbons (Fsp3) is 0.409. The number of nitrogens with zero attached hydrogens (tertiary/aromatic N) is 1. The molecule has 0 aromatic heterocycles. The molecule has 0 saturated carbocycles. The molecule has 0 spiro atoms. The minimum Gasteiger partial charge on any atom is -0.493 e. The van der Waals surface area contributed by atoms with Crippen molar-refractivity contribution in [3.05, 3.63) is 53.6 Å². The van der Waals surface area contributed by atoms with Gasteiger partial charge in [-0.1, -0.05) is 23.8 Å². The molecule has 0 bridgehead atoms. The van der Waals surface area contributed by atoms with Gasteiger partial charge in [-0.25, -0.2) is 8.42 Å². The van der Waals surface area contributed by atoms with Gasteiger partial charge in [-0.15, -0.1) is 0 Å². The first kappa shape index (κ1) is 22.1. The van der Waals surface area contributed by atoms with E-state index in [-0.39, 0.29) is 23.3 Å². The third-order valence-electron chi connectivity index (χ3n) is 5.33. The number of hydrogen-bond acceptors (Lipinski definition) is 5. The van der Waals surface area contributed by atoms with Gasteiger partial charge in [0.25, 0.3) is 0 Å². The average molecular weight is 433 g/mol. The van der Waals surface area contributed by atoms with Crippen molar-refractivity contribution >= 4 is 15.9 Å². The van der Waals surface area contributed by atoms with E-state index in [1.54, 1.807) is 44.6 Å². The van der Waals surface area contributed by atoms with Gasteiger partial charge >= 0.3 is 0 Å². The zero-order valence-electron chi connectivity index (χ0n) is 17.6. The van der Waals surface area contributed by atoms with Crippen molar-refractivity contribution in [3.8, 4) is 11.5 Å². The van der Waals surface area contributed by atoms with Crippen LogP contribution in [0.3, 0.4) is 0 Å². The summed E-state index contributed by atoms with van der Waals surface area (Å²) in [5.41, 5.74) is 1.88. The van der Waals surface area contributed by atoms with E-state index in [2.05, 4.69) is 5.32 Å². The minimum absolute atomic E-state index is 0.145. The zero-order chi connectivity index (χ0) is 21.7. The molecule has 3 rings (SSSR count). The normalized spacial score (nSPS) is 17.4. The Morgan fingerprint density at radius 1 is 1.10 bits per heavy atom. The van der Waals surface area contributed by atoms with Gasteiger partial charge < -0.3 is 14.8 Å². The summed E-state index contributed by atoms with van der Waals surface area (Å²) in [5.74, 6) is 0.696. The van der Waals surface area contributed by atoms with Crippen LogP contribution in [0.5, 0.6) is 11.5 Å². The van der Waals surface area contributed by atoms with E-state index >= 15 is 0 Å². The number of methoxy groups -OCH3 is 2. The molecule has 1 atom stereocenters. The zero-order valence-corrected chi connectivity index (χ0v) is 18.4. The van der Waals surface area contributed by atoms with Gasteiger partial charge in [0.1, 0.15) is 0 Å². The maximum atomic E-state index is 12.9. The second kappa shape index (κ2) is 9.49. The summed E-state index contributed by atoms with van der Waals surface area (Å²) >= 11 is 0. The summed E-state index contributed by atoms with van der Waals surface area (Å²) in [6, 6.07) is 12.3. The largest absolute Gasteiger partial charge is 0.493 e. The third-order valence-corrected chi connectivity index (χ3v) is 7.21. The summed E-state index contributed by atoms with van der Waals surface area (Å²) in [6.07, 6.45) is 1.32. The van der Waals surface area contributed by atoms with Crippen LogP contribution >= 0.6 is 0 Å². The molecule has 30 heavy (non-hydrogen) atoms. The molecular weight excluding hydrogens is 404 g/mol. The maximum absolute atomic E-state index is 12.9. The average Bonchev–Trinajstić information content (AvgIpc) is 2.77. The number of nitrogens with one attached hydrogen (secondary N) is 1. The van der Waals surface area contributed by atoms with Crippen LogP contribution in [0.4, 0.5) is 0 Å². The Bertz CT molecular complexity index is 989. The van der Waals surface area contributed by atoms with Gasteiger partial charge in [-0.05, 0) is 49.6 Å². The Hall–Kier alpha value is -2.58. The van der Waals surface area contributed by atoms with Crippen LogP contribution in [0.2, 0.25) is 0 Å². The van der Waals surface area contributed by atoms with Crippen molar-refractivity contribution in [2.45, 2.75) is 31.2 Å². The predicted molar refractivity (Wildman–Crippen MR) is 114 cm³/mol. The second-order valence-corrected chi connectivity index (χ2v) is 9.36. The van der Waals surface area contributed by atoms with Gasteiger partial charge in [0.15, 0.2) is 11.5 Å². The summed E-state index contributed by atoms with van der Waals surface area (Å²) in [7, 11) is -0.477. The lowest BCUT2D eigenvalue weighted by Gasteiger charge is -2.31. The molecule has 2 aromatic carbocycles. The van der Waals surface area contributed by atoms with E-state index < -0.39 is 10.0 Å². The van der Waals surface area contributed by atoms with Crippen molar-refractivity contribution in [2.24, 2.45) is 5.92 Å². The van der Waals surface area contributed by atoms with E-state index in [1.165, 1.54) is 4.31 Å². The minimum atomic E-state index is -3.61. The molecule has 1 aliphatic rings. The molecule has 0 aliphatic carbocycles. The lowest BCUT2D eigenvalue weighted by molar-refractivity contribution is -0.126. The number of sulfonamides is 1. The third kappa shape index (κ3) is 4.94. The molecule has 7 nitrogen and oxygen atoms in total. The lowest BCUT2D eigenvalue weighted by atomic mass is 9.98. The SMILES string of the molecule is COc1ccc(CNC(=O)C2CCCN(S(=O)(=O)c3ccc(C)cc3)C2)cc1OC. The molecule has 8 heteroatoms. The number of carbonyl (C=O) groups excluding carboxylic acids is 1. The Labute approximate surface area is 178 Å². The lowest BCUT2D eigenvalue weighted by Crippen LogP contribution is -2.45. The molecule has 1 aliphatic heterocycles. The van der Waals surface area contributed by atoms with Crippen LogP contribution in [-0.2, 0) is 21.4 Å². The molecule has 1 unspecified atom stereocenters. The Kier molecular flexibility index (Phi) is 6.99. The van der Waals surface area contributed by atoms with E-state index in [0.29, 0.717) is 37.4 Å². The standard InChI is InChI=1S/C22H28N2O5S/c1-16-6-9-19(10-7-16)30(26,27)24-12-4-5-18(15-24)22(25)23-14-17-8-11-20(28-2)21(13-17)29-3/h6-11,13,18H,4-5,12,14-15H2,1-3H3,(H,23,25). The number of amides is 1. The van der Waals surface area contributed by atoms with Gasteiger partial charge in [-0.3, -0.25) is 4.79 Å². The molecule has 1 fully saturated rings. The van der Waals surface area contributed by atoms with Gasteiger partial charge in [0.2, 0.25) is 15.9 Å². The fourth-order valence-corrected chi connectivity index (χ4v) is 5.08. The monoisotopic (exact) mass is 432 g/mol. The van der Waals surface area contributed by atoms with Crippen LogP contribution in [0.15, 0.2) is 47.4 Å². The molecule has 1 N–H and O–H groups in total. The van der Waals surface area contributed by atoms with E-state index in [1.807, 2.05) is 19.1 Å². The highest BCUT2D eigenvalue weighted by molar-refractivity contribution is 7.89. The van der Waals surface area contributed by atoms with E-state index in [9.17, 15) is 13.2 Å². The Morgan fingerprint density at radius 3 is 2.47 bits per heavy atom. The highest BCUT2D eigenvalue weighted by Crippen LogP contribution is 2.28. The number of hydrogen-bond donors (Lipinski definition) is 1. The Balaban J connectivity index is 1.64. The number of rotatable bonds is 7. The first-order valence-electron chi connectivity index (χ1n) is 9.90. The first-order valence-corrected chi connectivity index (χ1v) is 11.3. The van der Waals surface area contributed by atoms with Crippen LogP contribution in [-0.4, -0.2) is 45.9 Å². The number of piperidine rings is 1. The number of carbonyl (C=O) groups is 1. The Morgan fingerprint density at radius 2 is 1.80 bits per heavy atom. The van der Waals surface area contributed by atoms with Crippen molar-refractivity contribution < 1.29 is 22.7 Å².